The van der Waals surface area contributed by atoms with E-state index in [1.54, 1.807) is 24.3 Å². The van der Waals surface area contributed by atoms with Gasteiger partial charge in [0, 0.05) is 23.9 Å². The van der Waals surface area contributed by atoms with Crippen molar-refractivity contribution in [1.82, 2.24) is 0 Å². The van der Waals surface area contributed by atoms with Gasteiger partial charge in [-0.05, 0) is 42.3 Å². The second-order valence-corrected chi connectivity index (χ2v) is 6.14. The molecule has 0 atom stereocenters. The fraction of sp³-hybridized carbons (Fsp3) is 0.263. The highest BCUT2D eigenvalue weighted by Gasteiger charge is 2.09. The molecule has 0 saturated heterocycles. The lowest BCUT2D eigenvalue weighted by atomic mass is 10.1. The molecule has 0 spiro atoms. The van der Waals surface area contributed by atoms with Crippen molar-refractivity contribution in [3.63, 3.8) is 0 Å². The molecule has 0 radical (unpaired) electrons. The molecule has 0 fully saturated rings. The van der Waals surface area contributed by atoms with E-state index in [1.807, 2.05) is 13.8 Å². The van der Waals surface area contributed by atoms with Gasteiger partial charge < -0.3 is 15.4 Å². The summed E-state index contributed by atoms with van der Waals surface area (Å²) in [6.07, 6.45) is 0.426. The van der Waals surface area contributed by atoms with Crippen LogP contribution in [0.2, 0.25) is 0 Å². The first kappa shape index (κ1) is 19.4. The Balaban J connectivity index is 1.84. The van der Waals surface area contributed by atoms with Crippen LogP contribution in [-0.2, 0) is 9.59 Å². The van der Waals surface area contributed by atoms with Gasteiger partial charge >= 0.3 is 0 Å². The number of rotatable bonds is 7. The van der Waals surface area contributed by atoms with Gasteiger partial charge in [0.15, 0.2) is 18.2 Å². The highest BCUT2D eigenvalue weighted by Crippen LogP contribution is 2.18. The van der Waals surface area contributed by atoms with Gasteiger partial charge in [0.1, 0.15) is 5.82 Å². The SMILES string of the molecule is CC(C)CC(=O)Nc1ccc(NC(=O)COc2ccc(F)cc2F)cc1. The summed E-state index contributed by atoms with van der Waals surface area (Å²) < 4.78 is 31.3. The fourth-order valence-electron chi connectivity index (χ4n) is 2.15. The molecular weight excluding hydrogens is 342 g/mol. The van der Waals surface area contributed by atoms with Gasteiger partial charge in [0.05, 0.1) is 0 Å². The third kappa shape index (κ3) is 6.16. The highest BCUT2D eigenvalue weighted by atomic mass is 19.1. The summed E-state index contributed by atoms with van der Waals surface area (Å²) in [5.74, 6) is -2.11. The molecular formula is C19H20F2N2O3. The molecule has 0 aliphatic rings. The van der Waals surface area contributed by atoms with Crippen molar-refractivity contribution < 1.29 is 23.1 Å². The number of halogens is 2. The van der Waals surface area contributed by atoms with E-state index >= 15 is 0 Å². The molecule has 0 aliphatic carbocycles. The normalized spacial score (nSPS) is 10.5. The van der Waals surface area contributed by atoms with Crippen LogP contribution in [0.1, 0.15) is 20.3 Å². The van der Waals surface area contributed by atoms with Crippen molar-refractivity contribution in [2.75, 3.05) is 17.2 Å². The molecule has 0 heterocycles. The largest absolute Gasteiger partial charge is 0.481 e. The molecule has 5 nitrogen and oxygen atoms in total. The number of amides is 2. The van der Waals surface area contributed by atoms with Crippen LogP contribution >= 0.6 is 0 Å². The van der Waals surface area contributed by atoms with Gasteiger partial charge in [-0.25, -0.2) is 8.78 Å². The van der Waals surface area contributed by atoms with E-state index in [1.165, 1.54) is 0 Å². The minimum absolute atomic E-state index is 0.0773. The molecule has 26 heavy (non-hydrogen) atoms. The molecule has 2 N–H and O–H groups in total. The maximum atomic E-state index is 13.4. The lowest BCUT2D eigenvalue weighted by molar-refractivity contribution is -0.118. The lowest BCUT2D eigenvalue weighted by Gasteiger charge is -2.10. The Kier molecular flexibility index (Phi) is 6.66. The third-order valence-electron chi connectivity index (χ3n) is 3.30. The third-order valence-corrected chi connectivity index (χ3v) is 3.30. The first-order valence-electron chi connectivity index (χ1n) is 8.11. The monoisotopic (exact) mass is 362 g/mol. The molecule has 2 aromatic rings. The second-order valence-electron chi connectivity index (χ2n) is 6.14. The molecule has 7 heteroatoms. The van der Waals surface area contributed by atoms with E-state index in [0.717, 1.165) is 12.1 Å². The van der Waals surface area contributed by atoms with E-state index in [9.17, 15) is 18.4 Å². The van der Waals surface area contributed by atoms with Gasteiger partial charge in [-0.2, -0.15) is 0 Å². The summed E-state index contributed by atoms with van der Waals surface area (Å²) in [5.41, 5.74) is 1.12. The Morgan fingerprint density at radius 3 is 2.08 bits per heavy atom. The fourth-order valence-corrected chi connectivity index (χ4v) is 2.15. The van der Waals surface area contributed by atoms with Gasteiger partial charge in [0.25, 0.3) is 5.91 Å². The summed E-state index contributed by atoms with van der Waals surface area (Å²) in [7, 11) is 0. The maximum absolute atomic E-state index is 13.4. The number of carbonyl (C=O) groups is 2. The van der Waals surface area contributed by atoms with Crippen LogP contribution in [0.5, 0.6) is 5.75 Å². The standard InChI is InChI=1S/C19H20F2N2O3/c1-12(2)9-18(24)22-14-4-6-15(7-5-14)23-19(25)11-26-17-8-3-13(20)10-16(17)21/h3-8,10,12H,9,11H2,1-2H3,(H,22,24)(H,23,25). The zero-order valence-corrected chi connectivity index (χ0v) is 14.5. The average Bonchev–Trinajstić information content (AvgIpc) is 2.55. The molecule has 138 valence electrons. The Morgan fingerprint density at radius 2 is 1.54 bits per heavy atom. The lowest BCUT2D eigenvalue weighted by Crippen LogP contribution is -2.20. The van der Waals surface area contributed by atoms with E-state index in [2.05, 4.69) is 10.6 Å². The van der Waals surface area contributed by atoms with Gasteiger partial charge in [0.2, 0.25) is 5.91 Å². The first-order chi connectivity index (χ1) is 12.3. The number of benzene rings is 2. The number of hydrogen-bond acceptors (Lipinski definition) is 3. The number of carbonyl (C=O) groups excluding carboxylic acids is 2. The Morgan fingerprint density at radius 1 is 0.962 bits per heavy atom. The van der Waals surface area contributed by atoms with E-state index in [4.69, 9.17) is 4.74 Å². The Bertz CT molecular complexity index is 777. The van der Waals surface area contributed by atoms with Crippen LogP contribution in [0.25, 0.3) is 0 Å². The molecule has 2 aromatic carbocycles. The van der Waals surface area contributed by atoms with E-state index < -0.39 is 24.1 Å². The average molecular weight is 362 g/mol. The summed E-state index contributed by atoms with van der Waals surface area (Å²) >= 11 is 0. The molecule has 2 rings (SSSR count). The van der Waals surface area contributed by atoms with Gasteiger partial charge in [-0.3, -0.25) is 9.59 Å². The van der Waals surface area contributed by atoms with Crippen LogP contribution in [-0.4, -0.2) is 18.4 Å². The summed E-state index contributed by atoms with van der Waals surface area (Å²) in [6.45, 7) is 3.49. The smallest absolute Gasteiger partial charge is 0.262 e. The molecule has 0 aliphatic heterocycles. The first-order valence-corrected chi connectivity index (χ1v) is 8.11. The van der Waals surface area contributed by atoms with Crippen molar-refractivity contribution in [3.8, 4) is 5.75 Å². The molecule has 0 aromatic heterocycles. The van der Waals surface area contributed by atoms with Crippen LogP contribution in [0.15, 0.2) is 42.5 Å². The van der Waals surface area contributed by atoms with Crippen molar-refractivity contribution in [2.24, 2.45) is 5.92 Å². The van der Waals surface area contributed by atoms with Crippen LogP contribution in [0.3, 0.4) is 0 Å². The van der Waals surface area contributed by atoms with Gasteiger partial charge in [-0.15, -0.1) is 0 Å². The van der Waals surface area contributed by atoms with Crippen LogP contribution in [0.4, 0.5) is 20.2 Å². The Hall–Kier alpha value is -2.96. The zero-order chi connectivity index (χ0) is 19.1. The number of ether oxygens (including phenoxy) is 1. The number of anilines is 2. The van der Waals surface area contributed by atoms with Crippen molar-refractivity contribution in [2.45, 2.75) is 20.3 Å². The number of nitrogens with one attached hydrogen (secondary N) is 2. The van der Waals surface area contributed by atoms with Crippen molar-refractivity contribution in [1.29, 1.82) is 0 Å². The van der Waals surface area contributed by atoms with Crippen molar-refractivity contribution in [3.05, 3.63) is 54.1 Å². The van der Waals surface area contributed by atoms with E-state index in [-0.39, 0.29) is 17.6 Å². The topological polar surface area (TPSA) is 67.4 Å². The van der Waals surface area contributed by atoms with Gasteiger partial charge in [-0.1, -0.05) is 13.8 Å². The number of hydrogen-bond donors (Lipinski definition) is 2. The van der Waals surface area contributed by atoms with Crippen LogP contribution < -0.4 is 15.4 Å². The van der Waals surface area contributed by atoms with Crippen molar-refractivity contribution >= 4 is 23.2 Å². The quantitative estimate of drug-likeness (QED) is 0.783. The second kappa shape index (κ2) is 8.94. The Labute approximate surface area is 150 Å². The minimum atomic E-state index is -0.876. The maximum Gasteiger partial charge on any atom is 0.262 e. The molecule has 0 bridgehead atoms. The van der Waals surface area contributed by atoms with E-state index in [0.29, 0.717) is 23.9 Å². The zero-order valence-electron chi connectivity index (χ0n) is 14.5. The summed E-state index contributed by atoms with van der Waals surface area (Å²) in [5, 5.41) is 5.35. The highest BCUT2D eigenvalue weighted by molar-refractivity contribution is 5.93. The summed E-state index contributed by atoms with van der Waals surface area (Å²) in [6, 6.07) is 9.42. The summed E-state index contributed by atoms with van der Waals surface area (Å²) in [4.78, 5) is 23.5. The molecule has 0 saturated carbocycles. The minimum Gasteiger partial charge on any atom is -0.481 e. The molecule has 2 amide bonds. The predicted octanol–water partition coefficient (Wildman–Crippen LogP) is 3.97. The predicted molar refractivity (Wildman–Crippen MR) is 95.0 cm³/mol. The molecule has 0 unspecified atom stereocenters. The van der Waals surface area contributed by atoms with Crippen LogP contribution in [0, 0.1) is 17.6 Å².